The van der Waals surface area contributed by atoms with Crippen LogP contribution in [0.25, 0.3) is 0 Å². The van der Waals surface area contributed by atoms with Crippen LogP contribution in [-0.2, 0) is 0 Å². The van der Waals surface area contributed by atoms with Crippen LogP contribution in [-0.4, -0.2) is 56.5 Å². The molecule has 1 aromatic heterocycles. The number of hydrogen-bond donors (Lipinski definition) is 3. The molecule has 2 rings (SSSR count). The highest BCUT2D eigenvalue weighted by Gasteiger charge is 2.18. The van der Waals surface area contributed by atoms with Crippen LogP contribution >= 0.6 is 11.3 Å². The number of likely N-dealkylation sites (N-methyl/N-ethyl adjacent to an activating group) is 1. The third kappa shape index (κ3) is 7.51. The lowest BCUT2D eigenvalue weighted by Crippen LogP contribution is -2.43. The predicted molar refractivity (Wildman–Crippen MR) is 123 cm³/mol. The lowest BCUT2D eigenvalue weighted by atomic mass is 10.1. The second-order valence-electron chi connectivity index (χ2n) is 6.61. The van der Waals surface area contributed by atoms with Gasteiger partial charge in [0.1, 0.15) is 0 Å². The molecule has 6 nitrogen and oxygen atoms in total. The van der Waals surface area contributed by atoms with Crippen molar-refractivity contribution in [2.45, 2.75) is 26.3 Å². The van der Waals surface area contributed by atoms with E-state index in [0.29, 0.717) is 6.54 Å². The smallest absolute Gasteiger partial charge is 0.261 e. The summed E-state index contributed by atoms with van der Waals surface area (Å²) in [5, 5.41) is 11.6. The molecule has 1 atom stereocenters. The summed E-state index contributed by atoms with van der Waals surface area (Å²) in [5.74, 6) is 0.773. The van der Waals surface area contributed by atoms with Crippen LogP contribution in [0.15, 0.2) is 52.8 Å². The van der Waals surface area contributed by atoms with Crippen LogP contribution < -0.4 is 16.0 Å². The molecule has 0 radical (unpaired) electrons. The highest BCUT2D eigenvalue weighted by molar-refractivity contribution is 7.12. The summed E-state index contributed by atoms with van der Waals surface area (Å²) >= 11 is 1.46. The van der Waals surface area contributed by atoms with Gasteiger partial charge in [-0.05, 0) is 36.5 Å². The average Bonchev–Trinajstić information content (AvgIpc) is 3.30. The number of nitrogens with one attached hydrogen (secondary N) is 3. The fourth-order valence-corrected chi connectivity index (χ4v) is 3.84. The van der Waals surface area contributed by atoms with E-state index >= 15 is 0 Å². The van der Waals surface area contributed by atoms with Crippen molar-refractivity contribution in [1.82, 2.24) is 20.9 Å². The Morgan fingerprint density at radius 2 is 1.76 bits per heavy atom. The maximum Gasteiger partial charge on any atom is 0.261 e. The lowest BCUT2D eigenvalue weighted by Gasteiger charge is -2.30. The topological polar surface area (TPSA) is 68.8 Å². The van der Waals surface area contributed by atoms with E-state index < -0.39 is 0 Å². The molecule has 0 spiro atoms. The Hall–Kier alpha value is -2.38. The number of guanidine groups is 1. The second kappa shape index (κ2) is 13.0. The highest BCUT2D eigenvalue weighted by atomic mass is 32.1. The van der Waals surface area contributed by atoms with Gasteiger partial charge >= 0.3 is 0 Å². The van der Waals surface area contributed by atoms with Crippen LogP contribution in [0.3, 0.4) is 0 Å². The predicted octanol–water partition coefficient (Wildman–Crippen LogP) is 3.12. The highest BCUT2D eigenvalue weighted by Crippen LogP contribution is 2.19. The largest absolute Gasteiger partial charge is 0.356 e. The van der Waals surface area contributed by atoms with E-state index in [0.717, 1.165) is 43.4 Å². The van der Waals surface area contributed by atoms with Gasteiger partial charge in [0.25, 0.3) is 5.91 Å². The summed E-state index contributed by atoms with van der Waals surface area (Å²) in [6.07, 6.45) is 0.829. The van der Waals surface area contributed by atoms with E-state index in [4.69, 9.17) is 0 Å². The van der Waals surface area contributed by atoms with Gasteiger partial charge in [-0.2, -0.15) is 0 Å². The number of nitrogens with zero attached hydrogens (tertiary/aromatic N) is 2. The van der Waals surface area contributed by atoms with Crippen molar-refractivity contribution in [1.29, 1.82) is 0 Å². The fourth-order valence-electron chi connectivity index (χ4n) is 3.20. The number of rotatable bonds is 11. The van der Waals surface area contributed by atoms with Gasteiger partial charge in [0.05, 0.1) is 10.9 Å². The van der Waals surface area contributed by atoms with Crippen molar-refractivity contribution in [3.05, 3.63) is 58.3 Å². The summed E-state index contributed by atoms with van der Waals surface area (Å²) in [4.78, 5) is 19.4. The Balaban J connectivity index is 1.76. The Morgan fingerprint density at radius 1 is 1.03 bits per heavy atom. The first kappa shape index (κ1) is 22.9. The van der Waals surface area contributed by atoms with Crippen molar-refractivity contribution in [2.75, 3.05) is 39.8 Å². The molecule has 7 heteroatoms. The Labute approximate surface area is 178 Å². The number of carbonyl (C=O) groups excluding carboxylic acids is 1. The van der Waals surface area contributed by atoms with Gasteiger partial charge in [0.2, 0.25) is 0 Å². The van der Waals surface area contributed by atoms with Crippen molar-refractivity contribution in [3.63, 3.8) is 0 Å². The minimum absolute atomic E-state index is 0.00701. The average molecular weight is 416 g/mol. The number of hydrogen-bond acceptors (Lipinski definition) is 4. The molecule has 0 bridgehead atoms. The van der Waals surface area contributed by atoms with Gasteiger partial charge in [-0.15, -0.1) is 11.3 Å². The van der Waals surface area contributed by atoms with Gasteiger partial charge in [-0.1, -0.05) is 50.2 Å². The van der Waals surface area contributed by atoms with Crippen molar-refractivity contribution >= 4 is 23.2 Å². The molecule has 0 aliphatic heterocycles. The minimum atomic E-state index is -0.00701. The quantitative estimate of drug-likeness (QED) is 0.300. The summed E-state index contributed by atoms with van der Waals surface area (Å²) in [7, 11) is 1.78. The molecular weight excluding hydrogens is 382 g/mol. The molecule has 29 heavy (non-hydrogen) atoms. The molecule has 158 valence electrons. The molecule has 0 aliphatic carbocycles. The minimum Gasteiger partial charge on any atom is -0.356 e. The van der Waals surface area contributed by atoms with Crippen LogP contribution in [0.2, 0.25) is 0 Å². The number of benzene rings is 1. The van der Waals surface area contributed by atoms with E-state index in [1.807, 2.05) is 23.6 Å². The molecule has 1 heterocycles. The van der Waals surface area contributed by atoms with Crippen molar-refractivity contribution < 1.29 is 4.79 Å². The van der Waals surface area contributed by atoms with Crippen molar-refractivity contribution in [2.24, 2.45) is 4.99 Å². The lowest BCUT2D eigenvalue weighted by molar-refractivity contribution is 0.0957. The summed E-state index contributed by atoms with van der Waals surface area (Å²) in [6, 6.07) is 14.6. The Morgan fingerprint density at radius 3 is 2.38 bits per heavy atom. The molecule has 0 aliphatic rings. The molecule has 1 amide bonds. The van der Waals surface area contributed by atoms with Crippen LogP contribution in [0.5, 0.6) is 0 Å². The van der Waals surface area contributed by atoms with E-state index in [9.17, 15) is 4.79 Å². The standard InChI is InChI=1S/C22H33N5OS/c1-4-27(5-2)19(18-11-7-6-8-12-18)17-26-22(23-3)25-15-10-14-24-21(28)20-13-9-16-29-20/h6-9,11-13,16,19H,4-5,10,14-15,17H2,1-3H3,(H,24,28)(H2,23,25,26). The molecule has 3 N–H and O–H groups in total. The third-order valence-electron chi connectivity index (χ3n) is 4.80. The summed E-state index contributed by atoms with van der Waals surface area (Å²) < 4.78 is 0. The number of thiophene rings is 1. The molecule has 2 aromatic rings. The zero-order chi connectivity index (χ0) is 20.9. The van der Waals surface area contributed by atoms with Crippen LogP contribution in [0.4, 0.5) is 0 Å². The van der Waals surface area contributed by atoms with Crippen molar-refractivity contribution in [3.8, 4) is 0 Å². The second-order valence-corrected chi connectivity index (χ2v) is 7.56. The molecular formula is C22H33N5OS. The van der Waals surface area contributed by atoms with Crippen LogP contribution in [0, 0.1) is 0 Å². The Kier molecular flexibility index (Phi) is 10.2. The summed E-state index contributed by atoms with van der Waals surface area (Å²) in [6.45, 7) is 8.52. The first-order valence-corrected chi connectivity index (χ1v) is 11.1. The monoisotopic (exact) mass is 415 g/mol. The van der Waals surface area contributed by atoms with Gasteiger partial charge in [0, 0.05) is 26.7 Å². The van der Waals surface area contributed by atoms with E-state index in [-0.39, 0.29) is 11.9 Å². The SMILES string of the molecule is CCN(CC)C(CNC(=NC)NCCCNC(=O)c1cccs1)c1ccccc1. The fraction of sp³-hybridized carbons (Fsp3) is 0.455. The van der Waals surface area contributed by atoms with E-state index in [1.54, 1.807) is 7.05 Å². The zero-order valence-electron chi connectivity index (χ0n) is 17.6. The van der Waals surface area contributed by atoms with Gasteiger partial charge in [0.15, 0.2) is 5.96 Å². The number of carbonyl (C=O) groups is 1. The molecule has 0 saturated heterocycles. The zero-order valence-corrected chi connectivity index (χ0v) is 18.5. The summed E-state index contributed by atoms with van der Waals surface area (Å²) in [5.41, 5.74) is 1.30. The van der Waals surface area contributed by atoms with Gasteiger partial charge < -0.3 is 16.0 Å². The molecule has 0 saturated carbocycles. The first-order chi connectivity index (χ1) is 14.2. The molecule has 0 fully saturated rings. The molecule has 1 unspecified atom stereocenters. The van der Waals surface area contributed by atoms with Gasteiger partial charge in [-0.3, -0.25) is 14.7 Å². The Bertz CT molecular complexity index is 729. The first-order valence-electron chi connectivity index (χ1n) is 10.2. The molecule has 1 aromatic carbocycles. The van der Waals surface area contributed by atoms with E-state index in [2.05, 4.69) is 64.0 Å². The number of aliphatic imine (C=N–C) groups is 1. The third-order valence-corrected chi connectivity index (χ3v) is 5.67. The van der Waals surface area contributed by atoms with Crippen LogP contribution in [0.1, 0.15) is 41.5 Å². The normalized spacial score (nSPS) is 12.6. The van der Waals surface area contributed by atoms with Gasteiger partial charge in [-0.25, -0.2) is 0 Å². The van der Waals surface area contributed by atoms with E-state index in [1.165, 1.54) is 16.9 Å². The maximum atomic E-state index is 11.9. The maximum absolute atomic E-state index is 11.9. The number of amides is 1.